The van der Waals surface area contributed by atoms with Crippen LogP contribution in [0.5, 0.6) is 5.75 Å². The lowest BCUT2D eigenvalue weighted by molar-refractivity contribution is 0.371. The number of hydrogen-bond acceptors (Lipinski definition) is 7. The molecule has 3 aromatic heterocycles. The highest BCUT2D eigenvalue weighted by molar-refractivity contribution is 7.25. The molecule has 1 aliphatic carbocycles. The lowest BCUT2D eigenvalue weighted by atomic mass is 9.73. The molecule has 3 atom stereocenters. The van der Waals surface area contributed by atoms with Crippen LogP contribution in [0, 0.1) is 5.92 Å². The second kappa shape index (κ2) is 9.18. The molecule has 4 heterocycles. The van der Waals surface area contributed by atoms with Gasteiger partial charge in [0.2, 0.25) is 0 Å². The van der Waals surface area contributed by atoms with Crippen molar-refractivity contribution in [2.75, 3.05) is 13.7 Å². The first-order valence-electron chi connectivity index (χ1n) is 13.0. The molecule has 0 amide bonds. The SMILES string of the molecule is COc1cccc2c1CC[C@H]1CNC(CCn3c(=O)[nH]c4c(sc5nc(-c6ccccc6)cnc54)c3=O)[C@@H]21. The van der Waals surface area contributed by atoms with E-state index in [1.165, 1.54) is 27.0 Å². The normalized spacial score (nSPS) is 20.5. The summed E-state index contributed by atoms with van der Waals surface area (Å²) in [4.78, 5) is 39.4. The van der Waals surface area contributed by atoms with Crippen LogP contribution in [0.25, 0.3) is 31.8 Å². The van der Waals surface area contributed by atoms with Gasteiger partial charge in [0.1, 0.15) is 20.8 Å². The van der Waals surface area contributed by atoms with E-state index in [2.05, 4.69) is 27.4 Å². The van der Waals surface area contributed by atoms with Gasteiger partial charge in [0.25, 0.3) is 5.56 Å². The first-order valence-corrected chi connectivity index (χ1v) is 13.8. The Morgan fingerprint density at radius 3 is 2.84 bits per heavy atom. The fraction of sp³-hybridized carbons (Fsp3) is 0.310. The van der Waals surface area contributed by atoms with Crippen molar-refractivity contribution in [3.8, 4) is 17.0 Å². The number of ether oxygens (including phenoxy) is 1. The number of benzene rings is 2. The number of hydrogen-bond donors (Lipinski definition) is 2. The molecule has 9 heteroatoms. The Morgan fingerprint density at radius 2 is 2.00 bits per heavy atom. The van der Waals surface area contributed by atoms with Gasteiger partial charge in [-0.2, -0.15) is 0 Å². The van der Waals surface area contributed by atoms with Gasteiger partial charge >= 0.3 is 5.69 Å². The zero-order valence-electron chi connectivity index (χ0n) is 20.9. The molecule has 7 rings (SSSR count). The van der Waals surface area contributed by atoms with Crippen molar-refractivity contribution in [2.45, 2.75) is 37.8 Å². The molecule has 0 saturated carbocycles. The average molecular weight is 526 g/mol. The fourth-order valence-corrected chi connectivity index (χ4v) is 7.38. The maximum atomic E-state index is 13.5. The van der Waals surface area contributed by atoms with E-state index in [1.54, 1.807) is 13.3 Å². The Bertz CT molecular complexity index is 1790. The highest BCUT2D eigenvalue weighted by atomic mass is 32.1. The van der Waals surface area contributed by atoms with Crippen LogP contribution >= 0.6 is 11.3 Å². The van der Waals surface area contributed by atoms with E-state index in [0.717, 1.165) is 36.4 Å². The Balaban J connectivity index is 1.21. The summed E-state index contributed by atoms with van der Waals surface area (Å²) in [6.07, 6.45) is 4.50. The standard InChI is InChI=1S/C29H27N5O3S/c1-37-22-9-5-8-19-18(22)11-10-17-14-30-20(23(17)19)12-13-34-28(35)26-24(33-29(34)36)25-27(38-26)32-21(15-31-25)16-6-3-2-4-7-16/h2-9,15,17,20,23,30H,10-14H2,1H3,(H,33,36)/t17-,20?,23+/m0/s1. The van der Waals surface area contributed by atoms with Gasteiger partial charge in [0.15, 0.2) is 0 Å². The van der Waals surface area contributed by atoms with Crippen LogP contribution in [0.1, 0.15) is 29.9 Å². The Kier molecular flexibility index (Phi) is 5.63. The van der Waals surface area contributed by atoms with Crippen LogP contribution < -0.4 is 21.3 Å². The third-order valence-corrected chi connectivity index (χ3v) is 9.21. The van der Waals surface area contributed by atoms with Crippen molar-refractivity contribution < 1.29 is 4.74 Å². The van der Waals surface area contributed by atoms with Crippen LogP contribution in [-0.4, -0.2) is 39.2 Å². The molecule has 38 heavy (non-hydrogen) atoms. The molecule has 192 valence electrons. The number of thiophene rings is 1. The van der Waals surface area contributed by atoms with Gasteiger partial charge in [-0.15, -0.1) is 11.3 Å². The Labute approximate surface area is 222 Å². The van der Waals surface area contributed by atoms with Crippen LogP contribution in [-0.2, 0) is 13.0 Å². The minimum Gasteiger partial charge on any atom is -0.496 e. The second-order valence-electron chi connectivity index (χ2n) is 10.1. The molecule has 1 aliphatic heterocycles. The van der Waals surface area contributed by atoms with Crippen molar-refractivity contribution in [1.29, 1.82) is 0 Å². The van der Waals surface area contributed by atoms with E-state index < -0.39 is 5.69 Å². The summed E-state index contributed by atoms with van der Waals surface area (Å²) in [5, 5.41) is 3.68. The third-order valence-electron chi connectivity index (χ3n) is 8.15. The smallest absolute Gasteiger partial charge is 0.328 e. The molecule has 2 N–H and O–H groups in total. The van der Waals surface area contributed by atoms with E-state index in [9.17, 15) is 9.59 Å². The summed E-state index contributed by atoms with van der Waals surface area (Å²) in [6.45, 7) is 1.29. The van der Waals surface area contributed by atoms with Gasteiger partial charge in [0.05, 0.1) is 24.5 Å². The molecule has 2 aromatic carbocycles. The first-order chi connectivity index (χ1) is 18.6. The first kappa shape index (κ1) is 23.3. The Morgan fingerprint density at radius 1 is 1.13 bits per heavy atom. The largest absolute Gasteiger partial charge is 0.496 e. The monoisotopic (exact) mass is 525 g/mol. The molecule has 1 unspecified atom stereocenters. The van der Waals surface area contributed by atoms with E-state index >= 15 is 0 Å². The summed E-state index contributed by atoms with van der Waals surface area (Å²) < 4.78 is 7.45. The van der Waals surface area contributed by atoms with Crippen LogP contribution in [0.4, 0.5) is 0 Å². The van der Waals surface area contributed by atoms with Crippen molar-refractivity contribution in [2.24, 2.45) is 5.92 Å². The highest BCUT2D eigenvalue weighted by Gasteiger charge is 2.40. The van der Waals surface area contributed by atoms with Crippen molar-refractivity contribution in [3.05, 3.63) is 86.7 Å². The van der Waals surface area contributed by atoms with E-state index in [4.69, 9.17) is 9.72 Å². The molecule has 1 saturated heterocycles. The lowest BCUT2D eigenvalue weighted by Crippen LogP contribution is -2.37. The minimum atomic E-state index is -0.406. The maximum Gasteiger partial charge on any atom is 0.328 e. The van der Waals surface area contributed by atoms with Gasteiger partial charge < -0.3 is 15.0 Å². The summed E-state index contributed by atoms with van der Waals surface area (Å²) in [6, 6.07) is 16.3. The van der Waals surface area contributed by atoms with Crippen molar-refractivity contribution in [1.82, 2.24) is 24.8 Å². The van der Waals surface area contributed by atoms with Crippen LogP contribution in [0.2, 0.25) is 0 Å². The second-order valence-corrected chi connectivity index (χ2v) is 11.1. The Hall–Kier alpha value is -3.82. The van der Waals surface area contributed by atoms with Gasteiger partial charge in [-0.05, 0) is 48.9 Å². The highest BCUT2D eigenvalue weighted by Crippen LogP contribution is 2.45. The molecular formula is C29H27N5O3S. The molecular weight excluding hydrogens is 498 g/mol. The number of fused-ring (bicyclic) bond motifs is 6. The number of nitrogens with zero attached hydrogens (tertiary/aromatic N) is 3. The number of H-pyrrole nitrogens is 1. The molecule has 1 fully saturated rings. The summed E-state index contributed by atoms with van der Waals surface area (Å²) >= 11 is 1.28. The molecule has 5 aromatic rings. The summed E-state index contributed by atoms with van der Waals surface area (Å²) in [5.74, 6) is 1.85. The predicted octanol–water partition coefficient (Wildman–Crippen LogP) is 4.08. The van der Waals surface area contributed by atoms with Crippen LogP contribution in [0.15, 0.2) is 64.3 Å². The topological polar surface area (TPSA) is 102 Å². The van der Waals surface area contributed by atoms with Crippen molar-refractivity contribution >= 4 is 31.9 Å². The summed E-state index contributed by atoms with van der Waals surface area (Å²) in [5.41, 5.74) is 4.65. The van der Waals surface area contributed by atoms with Crippen molar-refractivity contribution in [3.63, 3.8) is 0 Å². The molecule has 0 spiro atoms. The quantitative estimate of drug-likeness (QED) is 0.359. The summed E-state index contributed by atoms with van der Waals surface area (Å²) in [7, 11) is 1.72. The van der Waals surface area contributed by atoms with Gasteiger partial charge in [-0.3, -0.25) is 9.36 Å². The van der Waals surface area contributed by atoms with E-state index in [0.29, 0.717) is 45.4 Å². The third kappa shape index (κ3) is 3.68. The van der Waals surface area contributed by atoms with Gasteiger partial charge in [0, 0.05) is 24.1 Å². The predicted molar refractivity (Wildman–Crippen MR) is 149 cm³/mol. The average Bonchev–Trinajstić information content (AvgIpc) is 3.54. The fourth-order valence-electron chi connectivity index (χ4n) is 6.35. The van der Waals surface area contributed by atoms with Gasteiger partial charge in [-0.25, -0.2) is 14.8 Å². The number of aromatic amines is 1. The number of methoxy groups -OCH3 is 1. The van der Waals surface area contributed by atoms with E-state index in [1.807, 2.05) is 36.4 Å². The minimum absolute atomic E-state index is 0.187. The van der Waals surface area contributed by atoms with Crippen LogP contribution in [0.3, 0.4) is 0 Å². The molecule has 0 bridgehead atoms. The molecule has 2 aliphatic rings. The van der Waals surface area contributed by atoms with Gasteiger partial charge in [-0.1, -0.05) is 42.5 Å². The molecule has 8 nitrogen and oxygen atoms in total. The maximum absolute atomic E-state index is 13.5. The number of rotatable bonds is 5. The zero-order chi connectivity index (χ0) is 25.8. The zero-order valence-corrected chi connectivity index (χ0v) is 21.8. The number of aromatic nitrogens is 4. The lowest BCUT2D eigenvalue weighted by Gasteiger charge is -2.32. The van der Waals surface area contributed by atoms with E-state index in [-0.39, 0.29) is 11.6 Å². The molecule has 0 radical (unpaired) electrons. The number of nitrogens with one attached hydrogen (secondary N) is 2.